The van der Waals surface area contributed by atoms with Crippen LogP contribution >= 0.6 is 27.7 Å². The van der Waals surface area contributed by atoms with Gasteiger partial charge in [-0.15, -0.1) is 11.8 Å². The zero-order valence-corrected chi connectivity index (χ0v) is 14.5. The number of halogens is 1. The molecular formula is C15H20BrN3S. The number of hydrogen-bond donors (Lipinski definition) is 1. The van der Waals surface area contributed by atoms with E-state index in [1.165, 1.54) is 16.2 Å². The quantitative estimate of drug-likeness (QED) is 0.795. The SMILES string of the molecule is CCn1ncc(Br)c1C(CSc1ccc(C)cc1)NC. The van der Waals surface area contributed by atoms with Gasteiger partial charge in [-0.05, 0) is 49.0 Å². The third-order valence-corrected chi connectivity index (χ3v) is 4.97. The molecule has 1 N–H and O–H groups in total. The van der Waals surface area contributed by atoms with Crippen LogP contribution in [0.5, 0.6) is 0 Å². The van der Waals surface area contributed by atoms with Gasteiger partial charge in [0.25, 0.3) is 0 Å². The summed E-state index contributed by atoms with van der Waals surface area (Å²) in [5.74, 6) is 0.976. The maximum Gasteiger partial charge on any atom is 0.0704 e. The van der Waals surface area contributed by atoms with Crippen molar-refractivity contribution in [3.8, 4) is 0 Å². The zero-order chi connectivity index (χ0) is 14.5. The van der Waals surface area contributed by atoms with Crippen LogP contribution in [0.4, 0.5) is 0 Å². The topological polar surface area (TPSA) is 29.9 Å². The normalized spacial score (nSPS) is 12.6. The van der Waals surface area contributed by atoms with E-state index in [-0.39, 0.29) is 6.04 Å². The molecule has 108 valence electrons. The average Bonchev–Trinajstić information content (AvgIpc) is 2.83. The number of aryl methyl sites for hydroxylation is 2. The summed E-state index contributed by atoms with van der Waals surface area (Å²) in [6, 6.07) is 8.95. The van der Waals surface area contributed by atoms with Crippen molar-refractivity contribution in [2.24, 2.45) is 0 Å². The Hall–Kier alpha value is -0.780. The average molecular weight is 354 g/mol. The van der Waals surface area contributed by atoms with Crippen molar-refractivity contribution in [2.45, 2.75) is 31.3 Å². The highest BCUT2D eigenvalue weighted by Gasteiger charge is 2.18. The van der Waals surface area contributed by atoms with Crippen molar-refractivity contribution in [1.29, 1.82) is 0 Å². The van der Waals surface area contributed by atoms with Gasteiger partial charge < -0.3 is 5.32 Å². The fraction of sp³-hybridized carbons (Fsp3) is 0.400. The first kappa shape index (κ1) is 15.6. The van der Waals surface area contributed by atoms with E-state index in [1.807, 2.05) is 29.7 Å². The fourth-order valence-electron chi connectivity index (χ4n) is 2.08. The van der Waals surface area contributed by atoms with E-state index in [0.717, 1.165) is 16.8 Å². The zero-order valence-electron chi connectivity index (χ0n) is 12.1. The molecule has 0 amide bonds. The number of nitrogens with one attached hydrogen (secondary N) is 1. The molecule has 1 unspecified atom stereocenters. The summed E-state index contributed by atoms with van der Waals surface area (Å²) in [5.41, 5.74) is 2.51. The molecule has 0 fully saturated rings. The summed E-state index contributed by atoms with van der Waals surface area (Å²) in [5, 5.41) is 7.78. The maximum atomic E-state index is 4.39. The van der Waals surface area contributed by atoms with E-state index in [9.17, 15) is 0 Å². The van der Waals surface area contributed by atoms with Gasteiger partial charge in [-0.3, -0.25) is 4.68 Å². The highest BCUT2D eigenvalue weighted by molar-refractivity contribution is 9.10. The molecular weight excluding hydrogens is 334 g/mol. The van der Waals surface area contributed by atoms with Crippen molar-refractivity contribution in [2.75, 3.05) is 12.8 Å². The smallest absolute Gasteiger partial charge is 0.0704 e. The standard InChI is InChI=1S/C15H20BrN3S/c1-4-19-15(13(16)9-18-19)14(17-3)10-20-12-7-5-11(2)6-8-12/h5-9,14,17H,4,10H2,1-3H3. The summed E-state index contributed by atoms with van der Waals surface area (Å²) in [6.07, 6.45) is 1.87. The van der Waals surface area contributed by atoms with Gasteiger partial charge in [0, 0.05) is 17.2 Å². The van der Waals surface area contributed by atoms with E-state index in [4.69, 9.17) is 0 Å². The second-order valence-corrected chi connectivity index (χ2v) is 6.61. The van der Waals surface area contributed by atoms with Gasteiger partial charge in [-0.1, -0.05) is 17.7 Å². The molecule has 1 atom stereocenters. The van der Waals surface area contributed by atoms with E-state index in [1.54, 1.807) is 0 Å². The third-order valence-electron chi connectivity index (χ3n) is 3.25. The number of aromatic nitrogens is 2. The molecule has 1 heterocycles. The van der Waals surface area contributed by atoms with Crippen molar-refractivity contribution in [3.63, 3.8) is 0 Å². The predicted molar refractivity (Wildman–Crippen MR) is 89.3 cm³/mol. The molecule has 5 heteroatoms. The highest BCUT2D eigenvalue weighted by Crippen LogP contribution is 2.29. The molecule has 3 nitrogen and oxygen atoms in total. The van der Waals surface area contributed by atoms with Crippen LogP contribution in [-0.4, -0.2) is 22.6 Å². The van der Waals surface area contributed by atoms with Crippen molar-refractivity contribution < 1.29 is 0 Å². The molecule has 0 saturated heterocycles. The van der Waals surface area contributed by atoms with Gasteiger partial charge in [0.2, 0.25) is 0 Å². The van der Waals surface area contributed by atoms with Gasteiger partial charge >= 0.3 is 0 Å². The summed E-state index contributed by atoms with van der Waals surface area (Å²) >= 11 is 5.47. The van der Waals surface area contributed by atoms with Crippen LogP contribution in [0.2, 0.25) is 0 Å². The molecule has 0 bridgehead atoms. The van der Waals surface area contributed by atoms with Crippen LogP contribution in [0.15, 0.2) is 39.8 Å². The van der Waals surface area contributed by atoms with Crippen LogP contribution in [0.25, 0.3) is 0 Å². The van der Waals surface area contributed by atoms with E-state index >= 15 is 0 Å². The first-order chi connectivity index (χ1) is 9.65. The Bertz CT molecular complexity index is 551. The maximum absolute atomic E-state index is 4.39. The minimum atomic E-state index is 0.276. The molecule has 0 saturated carbocycles. The predicted octanol–water partition coefficient (Wildman–Crippen LogP) is 4.03. The second-order valence-electron chi connectivity index (χ2n) is 4.66. The molecule has 1 aromatic heterocycles. The lowest BCUT2D eigenvalue weighted by Gasteiger charge is -2.18. The largest absolute Gasteiger partial charge is 0.311 e. The Labute approximate surface area is 133 Å². The first-order valence-electron chi connectivity index (χ1n) is 6.73. The van der Waals surface area contributed by atoms with Crippen molar-refractivity contribution in [1.82, 2.24) is 15.1 Å². The van der Waals surface area contributed by atoms with Crippen molar-refractivity contribution >= 4 is 27.7 Å². The Balaban J connectivity index is 2.09. The number of nitrogens with zero attached hydrogens (tertiary/aromatic N) is 2. The molecule has 1 aromatic carbocycles. The number of thioether (sulfide) groups is 1. The molecule has 0 aliphatic carbocycles. The third kappa shape index (κ3) is 3.65. The second kappa shape index (κ2) is 7.29. The summed E-state index contributed by atoms with van der Waals surface area (Å²) in [4.78, 5) is 1.30. The van der Waals surface area contributed by atoms with Crippen LogP contribution in [0.3, 0.4) is 0 Å². The van der Waals surface area contributed by atoms with Crippen molar-refractivity contribution in [3.05, 3.63) is 46.2 Å². The molecule has 2 rings (SSSR count). The molecule has 20 heavy (non-hydrogen) atoms. The van der Waals surface area contributed by atoms with E-state index in [2.05, 4.69) is 64.5 Å². The fourth-order valence-corrected chi connectivity index (χ4v) is 3.67. The summed E-state index contributed by atoms with van der Waals surface area (Å²) in [7, 11) is 2.00. The monoisotopic (exact) mass is 353 g/mol. The highest BCUT2D eigenvalue weighted by atomic mass is 79.9. The minimum absolute atomic E-state index is 0.276. The molecule has 0 aliphatic heterocycles. The van der Waals surface area contributed by atoms with E-state index < -0.39 is 0 Å². The lowest BCUT2D eigenvalue weighted by atomic mass is 10.2. The Kier molecular flexibility index (Phi) is 5.69. The molecule has 0 spiro atoms. The van der Waals surface area contributed by atoms with Crippen LogP contribution in [-0.2, 0) is 6.54 Å². The van der Waals surface area contributed by atoms with Crippen LogP contribution in [0, 0.1) is 6.92 Å². The minimum Gasteiger partial charge on any atom is -0.311 e. The number of rotatable bonds is 6. The first-order valence-corrected chi connectivity index (χ1v) is 8.51. The van der Waals surface area contributed by atoms with Gasteiger partial charge in [-0.2, -0.15) is 5.10 Å². The summed E-state index contributed by atoms with van der Waals surface area (Å²) in [6.45, 7) is 5.11. The molecule has 0 radical (unpaired) electrons. The Morgan fingerprint density at radius 3 is 2.65 bits per heavy atom. The van der Waals surface area contributed by atoms with Gasteiger partial charge in [0.1, 0.15) is 0 Å². The summed E-state index contributed by atoms with van der Waals surface area (Å²) < 4.78 is 3.12. The lowest BCUT2D eigenvalue weighted by Crippen LogP contribution is -2.22. The van der Waals surface area contributed by atoms with Gasteiger partial charge in [-0.25, -0.2) is 0 Å². The molecule has 0 aliphatic rings. The van der Waals surface area contributed by atoms with Crippen LogP contribution in [0.1, 0.15) is 24.2 Å². The van der Waals surface area contributed by atoms with E-state index in [0.29, 0.717) is 0 Å². The number of benzene rings is 1. The Morgan fingerprint density at radius 1 is 1.35 bits per heavy atom. The Morgan fingerprint density at radius 2 is 2.05 bits per heavy atom. The molecule has 2 aromatic rings. The number of hydrogen-bond acceptors (Lipinski definition) is 3. The van der Waals surface area contributed by atoms with Gasteiger partial charge in [0.15, 0.2) is 0 Å². The van der Waals surface area contributed by atoms with Gasteiger partial charge in [0.05, 0.1) is 22.4 Å². The van der Waals surface area contributed by atoms with Crippen LogP contribution < -0.4 is 5.32 Å². The lowest BCUT2D eigenvalue weighted by molar-refractivity contribution is 0.547.